The van der Waals surface area contributed by atoms with Gasteiger partial charge in [-0.2, -0.15) is 5.10 Å². The smallest absolute Gasteiger partial charge is 0.244 e. The molecular formula is C16H19N3O2. The standard InChI is InChI=1S/C16H19N3O2/c1-11-6-5-9-18(11)15(21)10-19-14-8-4-3-7-13(14)16(17-19)12(2)20/h3-4,7-8,11H,5-6,9-10H2,1-2H3. The van der Waals surface area contributed by atoms with Crippen LogP contribution in [0.1, 0.15) is 37.2 Å². The van der Waals surface area contributed by atoms with E-state index in [0.717, 1.165) is 30.3 Å². The Morgan fingerprint density at radius 1 is 1.33 bits per heavy atom. The van der Waals surface area contributed by atoms with Crippen LogP contribution < -0.4 is 0 Å². The van der Waals surface area contributed by atoms with Crippen LogP contribution in [0.2, 0.25) is 0 Å². The van der Waals surface area contributed by atoms with E-state index in [0.29, 0.717) is 11.7 Å². The number of amides is 1. The van der Waals surface area contributed by atoms with Gasteiger partial charge < -0.3 is 4.90 Å². The third-order valence-corrected chi connectivity index (χ3v) is 4.15. The summed E-state index contributed by atoms with van der Waals surface area (Å²) in [6.07, 6.45) is 2.12. The summed E-state index contributed by atoms with van der Waals surface area (Å²) in [5, 5.41) is 5.16. The van der Waals surface area contributed by atoms with Crippen LogP contribution in [0.15, 0.2) is 24.3 Å². The molecule has 0 bridgehead atoms. The Morgan fingerprint density at radius 2 is 2.10 bits per heavy atom. The summed E-state index contributed by atoms with van der Waals surface area (Å²) >= 11 is 0. The fraction of sp³-hybridized carbons (Fsp3) is 0.438. The predicted octanol–water partition coefficient (Wildman–Crippen LogP) is 2.25. The van der Waals surface area contributed by atoms with E-state index in [1.54, 1.807) is 4.68 Å². The minimum atomic E-state index is -0.0769. The Labute approximate surface area is 123 Å². The van der Waals surface area contributed by atoms with Crippen LogP contribution in [0.5, 0.6) is 0 Å². The molecule has 1 atom stereocenters. The molecule has 21 heavy (non-hydrogen) atoms. The number of hydrogen-bond donors (Lipinski definition) is 0. The summed E-state index contributed by atoms with van der Waals surface area (Å²) in [6.45, 7) is 4.59. The molecule has 0 spiro atoms. The van der Waals surface area contributed by atoms with E-state index < -0.39 is 0 Å². The van der Waals surface area contributed by atoms with Crippen molar-refractivity contribution in [1.82, 2.24) is 14.7 Å². The van der Waals surface area contributed by atoms with Gasteiger partial charge in [0.2, 0.25) is 5.91 Å². The molecule has 0 aliphatic carbocycles. The van der Waals surface area contributed by atoms with Crippen LogP contribution in [0.25, 0.3) is 10.9 Å². The van der Waals surface area contributed by atoms with Crippen LogP contribution >= 0.6 is 0 Å². The van der Waals surface area contributed by atoms with Gasteiger partial charge in [0.25, 0.3) is 0 Å². The maximum absolute atomic E-state index is 12.4. The summed E-state index contributed by atoms with van der Waals surface area (Å²) in [6, 6.07) is 7.85. The van der Waals surface area contributed by atoms with Crippen LogP contribution in [-0.4, -0.2) is 39.0 Å². The largest absolute Gasteiger partial charge is 0.338 e. The van der Waals surface area contributed by atoms with Crippen molar-refractivity contribution in [3.8, 4) is 0 Å². The molecule has 1 aromatic carbocycles. The van der Waals surface area contributed by atoms with Crippen LogP contribution in [0, 0.1) is 0 Å². The average molecular weight is 285 g/mol. The molecule has 1 aliphatic heterocycles. The number of rotatable bonds is 3. The molecule has 0 saturated carbocycles. The number of fused-ring (bicyclic) bond motifs is 1. The molecule has 1 aliphatic rings. The first kappa shape index (κ1) is 13.8. The second-order valence-corrected chi connectivity index (χ2v) is 5.66. The van der Waals surface area contributed by atoms with E-state index >= 15 is 0 Å². The van der Waals surface area contributed by atoms with Crippen molar-refractivity contribution in [3.05, 3.63) is 30.0 Å². The molecule has 1 amide bonds. The average Bonchev–Trinajstić information content (AvgIpc) is 3.03. The van der Waals surface area contributed by atoms with Gasteiger partial charge in [-0.3, -0.25) is 14.3 Å². The van der Waals surface area contributed by atoms with Crippen molar-refractivity contribution < 1.29 is 9.59 Å². The third kappa shape index (κ3) is 2.44. The van der Waals surface area contributed by atoms with E-state index in [9.17, 15) is 9.59 Å². The third-order valence-electron chi connectivity index (χ3n) is 4.15. The molecule has 1 saturated heterocycles. The SMILES string of the molecule is CC(=O)c1nn(CC(=O)N2CCCC2C)c2ccccc12. The maximum atomic E-state index is 12.4. The second kappa shape index (κ2) is 5.31. The zero-order valence-electron chi connectivity index (χ0n) is 12.4. The number of carbonyl (C=O) groups excluding carboxylic acids is 2. The quantitative estimate of drug-likeness (QED) is 0.813. The van der Waals surface area contributed by atoms with E-state index in [-0.39, 0.29) is 18.2 Å². The Hall–Kier alpha value is -2.17. The lowest BCUT2D eigenvalue weighted by atomic mass is 10.2. The minimum Gasteiger partial charge on any atom is -0.338 e. The first-order valence-electron chi connectivity index (χ1n) is 7.34. The van der Waals surface area contributed by atoms with E-state index in [1.165, 1.54) is 6.92 Å². The van der Waals surface area contributed by atoms with Gasteiger partial charge in [0, 0.05) is 24.9 Å². The van der Waals surface area contributed by atoms with Gasteiger partial charge in [-0.05, 0) is 25.8 Å². The topological polar surface area (TPSA) is 55.2 Å². The van der Waals surface area contributed by atoms with Gasteiger partial charge in [0.1, 0.15) is 12.2 Å². The van der Waals surface area contributed by atoms with Crippen molar-refractivity contribution in [3.63, 3.8) is 0 Å². The molecule has 110 valence electrons. The van der Waals surface area contributed by atoms with Gasteiger partial charge in [0.05, 0.1) is 5.52 Å². The van der Waals surface area contributed by atoms with Gasteiger partial charge in [-0.1, -0.05) is 18.2 Å². The van der Waals surface area contributed by atoms with E-state index in [4.69, 9.17) is 0 Å². The fourth-order valence-electron chi connectivity index (χ4n) is 3.03. The minimum absolute atomic E-state index is 0.0726. The highest BCUT2D eigenvalue weighted by Crippen LogP contribution is 2.21. The molecule has 1 aromatic heterocycles. The monoisotopic (exact) mass is 285 g/mol. The first-order chi connectivity index (χ1) is 10.1. The van der Waals surface area contributed by atoms with Gasteiger partial charge in [-0.25, -0.2) is 0 Å². The van der Waals surface area contributed by atoms with Crippen molar-refractivity contribution in [2.75, 3.05) is 6.54 Å². The van der Waals surface area contributed by atoms with E-state index in [2.05, 4.69) is 12.0 Å². The summed E-state index contributed by atoms with van der Waals surface area (Å²) in [4.78, 5) is 26.0. The molecule has 0 radical (unpaired) electrons. The Bertz CT molecular complexity index is 705. The number of ketones is 1. The van der Waals surface area contributed by atoms with Crippen molar-refractivity contribution in [1.29, 1.82) is 0 Å². The predicted molar refractivity (Wildman–Crippen MR) is 80.1 cm³/mol. The molecule has 1 fully saturated rings. The molecule has 0 N–H and O–H groups in total. The number of nitrogens with zero attached hydrogens (tertiary/aromatic N) is 3. The number of benzene rings is 1. The molecule has 1 unspecified atom stereocenters. The second-order valence-electron chi connectivity index (χ2n) is 5.66. The highest BCUT2D eigenvalue weighted by atomic mass is 16.2. The zero-order chi connectivity index (χ0) is 15.0. The highest BCUT2D eigenvalue weighted by Gasteiger charge is 2.26. The van der Waals surface area contributed by atoms with Crippen molar-refractivity contribution in [2.24, 2.45) is 0 Å². The Morgan fingerprint density at radius 3 is 2.76 bits per heavy atom. The van der Waals surface area contributed by atoms with Crippen LogP contribution in [0.4, 0.5) is 0 Å². The highest BCUT2D eigenvalue weighted by molar-refractivity contribution is 6.05. The summed E-state index contributed by atoms with van der Waals surface area (Å²) in [5.74, 6) is -0.00436. The molecule has 5 heteroatoms. The first-order valence-corrected chi connectivity index (χ1v) is 7.34. The number of Topliss-reactive ketones (excluding diaryl/α,β-unsaturated/α-hetero) is 1. The van der Waals surface area contributed by atoms with Gasteiger partial charge in [0.15, 0.2) is 5.78 Å². The number of hydrogen-bond acceptors (Lipinski definition) is 3. The molecular weight excluding hydrogens is 266 g/mol. The number of carbonyl (C=O) groups is 2. The zero-order valence-corrected chi connectivity index (χ0v) is 12.4. The summed E-state index contributed by atoms with van der Waals surface area (Å²) in [7, 11) is 0. The summed E-state index contributed by atoms with van der Waals surface area (Å²) < 4.78 is 1.65. The molecule has 2 heterocycles. The van der Waals surface area contributed by atoms with Crippen LogP contribution in [-0.2, 0) is 11.3 Å². The normalized spacial score (nSPS) is 18.4. The summed E-state index contributed by atoms with van der Waals surface area (Å²) in [5.41, 5.74) is 1.27. The fourth-order valence-corrected chi connectivity index (χ4v) is 3.03. The molecule has 2 aromatic rings. The van der Waals surface area contributed by atoms with Crippen molar-refractivity contribution >= 4 is 22.6 Å². The lowest BCUT2D eigenvalue weighted by Crippen LogP contribution is -2.36. The van der Waals surface area contributed by atoms with Crippen molar-refractivity contribution in [2.45, 2.75) is 39.3 Å². The van der Waals surface area contributed by atoms with Gasteiger partial charge >= 0.3 is 0 Å². The molecule has 5 nitrogen and oxygen atoms in total. The Kier molecular flexibility index (Phi) is 3.49. The van der Waals surface area contributed by atoms with Crippen LogP contribution in [0.3, 0.4) is 0 Å². The lowest BCUT2D eigenvalue weighted by molar-refractivity contribution is -0.132. The number of para-hydroxylation sites is 1. The number of likely N-dealkylation sites (tertiary alicyclic amines) is 1. The number of aromatic nitrogens is 2. The van der Waals surface area contributed by atoms with E-state index in [1.807, 2.05) is 29.2 Å². The lowest BCUT2D eigenvalue weighted by Gasteiger charge is -2.21. The van der Waals surface area contributed by atoms with Gasteiger partial charge in [-0.15, -0.1) is 0 Å². The molecule has 3 rings (SSSR count). The maximum Gasteiger partial charge on any atom is 0.244 e. The Balaban J connectivity index is 1.94.